The summed E-state index contributed by atoms with van der Waals surface area (Å²) in [5.74, 6) is -4.77. The summed E-state index contributed by atoms with van der Waals surface area (Å²) in [5.41, 5.74) is -8.28. The monoisotopic (exact) mass is 641 g/mol. The summed E-state index contributed by atoms with van der Waals surface area (Å²) in [5, 5.41) is 38.6. The van der Waals surface area contributed by atoms with E-state index in [1.54, 1.807) is 7.11 Å². The van der Waals surface area contributed by atoms with Crippen molar-refractivity contribution in [1.29, 1.82) is 0 Å². The average Bonchev–Trinajstić information content (AvgIpc) is 3.30. The molecule has 6 rings (SSSR count). The fraction of sp³-hybridized carbons (Fsp3) is 0.903. The molecule has 0 amide bonds. The molecule has 254 valence electrons. The second-order valence-electron chi connectivity index (χ2n) is 14.0. The average molecular weight is 642 g/mol. The lowest BCUT2D eigenvalue weighted by Gasteiger charge is -2.72. The molecule has 6 aliphatic rings. The molecule has 0 aromatic rings. The Labute approximate surface area is 262 Å². The van der Waals surface area contributed by atoms with Gasteiger partial charge in [0.25, 0.3) is 0 Å². The molecule has 0 aromatic heterocycles. The van der Waals surface area contributed by atoms with Gasteiger partial charge in [0.15, 0.2) is 5.60 Å². The standard InChI is InChI=1S/C31H47NO13/c1-9-32-12-27(13-39-5)17(43-14(2)33)10-18(40-6)30-21(27)20(41-7)19(23(30)32)31(45-16(4)35)22-25(44-15(3)34)28(37,11-29(22,30)38)26(42-8)24(31)36/h17-26,36-38H,9-13H2,1-8H3. The molecule has 5 saturated carbocycles. The minimum atomic E-state index is -2.08. The molecule has 5 aliphatic carbocycles. The number of piperidine rings is 1. The maximum atomic E-state index is 13.7. The lowest BCUT2D eigenvalue weighted by molar-refractivity contribution is -0.355. The third-order valence-electron chi connectivity index (χ3n) is 12.6. The van der Waals surface area contributed by atoms with Gasteiger partial charge in [-0.05, 0) is 6.54 Å². The number of carbonyl (C=O) groups is 3. The van der Waals surface area contributed by atoms with E-state index in [-0.39, 0.29) is 13.0 Å². The van der Waals surface area contributed by atoms with Crippen LogP contribution in [0.5, 0.6) is 0 Å². The van der Waals surface area contributed by atoms with Gasteiger partial charge in [-0.15, -0.1) is 0 Å². The fourth-order valence-corrected chi connectivity index (χ4v) is 12.1. The van der Waals surface area contributed by atoms with Crippen molar-refractivity contribution in [1.82, 2.24) is 4.90 Å². The summed E-state index contributed by atoms with van der Waals surface area (Å²) < 4.78 is 42.6. The smallest absolute Gasteiger partial charge is 0.303 e. The Morgan fingerprint density at radius 3 is 2.04 bits per heavy atom. The first-order valence-electron chi connectivity index (χ1n) is 15.7. The quantitative estimate of drug-likeness (QED) is 0.207. The Balaban J connectivity index is 1.76. The van der Waals surface area contributed by atoms with Gasteiger partial charge in [-0.2, -0.15) is 0 Å². The first-order chi connectivity index (χ1) is 21.2. The van der Waals surface area contributed by atoms with E-state index in [0.29, 0.717) is 13.1 Å². The van der Waals surface area contributed by atoms with Crippen LogP contribution in [0.4, 0.5) is 0 Å². The van der Waals surface area contributed by atoms with E-state index in [4.69, 9.17) is 33.2 Å². The fourth-order valence-electron chi connectivity index (χ4n) is 12.1. The second kappa shape index (κ2) is 10.5. The molecule has 6 fully saturated rings. The third-order valence-corrected chi connectivity index (χ3v) is 12.6. The number of fused-ring (bicyclic) bond motifs is 2. The highest BCUT2D eigenvalue weighted by Crippen LogP contribution is 2.82. The van der Waals surface area contributed by atoms with Crippen LogP contribution in [-0.2, 0) is 47.5 Å². The van der Waals surface area contributed by atoms with Crippen LogP contribution >= 0.6 is 0 Å². The second-order valence-corrected chi connectivity index (χ2v) is 14.0. The number of hydrogen-bond donors (Lipinski definition) is 3. The van der Waals surface area contributed by atoms with Crippen molar-refractivity contribution in [3.8, 4) is 0 Å². The molecule has 15 unspecified atom stereocenters. The van der Waals surface area contributed by atoms with Gasteiger partial charge in [0, 0.05) is 97.3 Å². The van der Waals surface area contributed by atoms with E-state index in [0.717, 1.165) is 0 Å². The van der Waals surface area contributed by atoms with Crippen molar-refractivity contribution < 1.29 is 62.9 Å². The van der Waals surface area contributed by atoms with Gasteiger partial charge in [-0.1, -0.05) is 6.92 Å². The number of likely N-dealkylation sites (tertiary alicyclic amines) is 1. The van der Waals surface area contributed by atoms with Crippen LogP contribution < -0.4 is 0 Å². The minimum absolute atomic E-state index is 0.117. The summed E-state index contributed by atoms with van der Waals surface area (Å²) >= 11 is 0. The Hall–Kier alpha value is -1.91. The summed E-state index contributed by atoms with van der Waals surface area (Å²) in [4.78, 5) is 40.5. The number of esters is 3. The molecule has 14 heteroatoms. The highest BCUT2D eigenvalue weighted by atomic mass is 16.6. The first kappa shape index (κ1) is 33.0. The Morgan fingerprint density at radius 2 is 1.53 bits per heavy atom. The summed E-state index contributed by atoms with van der Waals surface area (Å²) in [6, 6.07) is -0.628. The molecule has 1 spiro atoms. The van der Waals surface area contributed by atoms with Crippen LogP contribution in [-0.4, -0.2) is 146 Å². The molecule has 45 heavy (non-hydrogen) atoms. The zero-order chi connectivity index (χ0) is 33.1. The number of aliphatic hydroxyl groups is 3. The van der Waals surface area contributed by atoms with Crippen LogP contribution in [0, 0.1) is 28.6 Å². The molecule has 0 radical (unpaired) electrons. The van der Waals surface area contributed by atoms with Crippen molar-refractivity contribution in [3.05, 3.63) is 0 Å². The predicted molar refractivity (Wildman–Crippen MR) is 151 cm³/mol. The van der Waals surface area contributed by atoms with Gasteiger partial charge in [0.2, 0.25) is 0 Å². The van der Waals surface area contributed by atoms with Crippen LogP contribution in [0.1, 0.15) is 40.5 Å². The summed E-state index contributed by atoms with van der Waals surface area (Å²) in [6.07, 6.45) is -7.04. The van der Waals surface area contributed by atoms with Gasteiger partial charge in [-0.3, -0.25) is 19.3 Å². The number of carbonyl (C=O) groups excluding carboxylic acids is 3. The predicted octanol–water partition coefficient (Wildman–Crippen LogP) is -0.960. The zero-order valence-corrected chi connectivity index (χ0v) is 27.2. The maximum absolute atomic E-state index is 13.7. The van der Waals surface area contributed by atoms with Crippen molar-refractivity contribution >= 4 is 17.9 Å². The van der Waals surface area contributed by atoms with E-state index >= 15 is 0 Å². The van der Waals surface area contributed by atoms with Gasteiger partial charge in [-0.25, -0.2) is 0 Å². The van der Waals surface area contributed by atoms with Crippen LogP contribution in [0.3, 0.4) is 0 Å². The van der Waals surface area contributed by atoms with Gasteiger partial charge in [0.1, 0.15) is 30.0 Å². The number of methoxy groups -OCH3 is 4. The van der Waals surface area contributed by atoms with Crippen molar-refractivity contribution in [2.24, 2.45) is 28.6 Å². The van der Waals surface area contributed by atoms with Crippen molar-refractivity contribution in [2.45, 2.75) is 100 Å². The lowest BCUT2D eigenvalue weighted by atomic mass is 9.40. The lowest BCUT2D eigenvalue weighted by Crippen LogP contribution is -2.86. The zero-order valence-electron chi connectivity index (χ0n) is 27.2. The van der Waals surface area contributed by atoms with E-state index in [1.165, 1.54) is 42.1 Å². The molecule has 1 aliphatic heterocycles. The first-order valence-corrected chi connectivity index (χ1v) is 15.7. The van der Waals surface area contributed by atoms with Gasteiger partial charge >= 0.3 is 17.9 Å². The van der Waals surface area contributed by atoms with Gasteiger partial charge in [0.05, 0.1) is 30.3 Å². The molecule has 1 heterocycles. The molecular formula is C31H47NO13. The topological polar surface area (TPSA) is 180 Å². The normalized spacial score (nSPS) is 52.3. The van der Waals surface area contributed by atoms with Crippen molar-refractivity contribution in [3.63, 3.8) is 0 Å². The van der Waals surface area contributed by atoms with Gasteiger partial charge < -0.3 is 48.5 Å². The molecular weight excluding hydrogens is 594 g/mol. The number of rotatable bonds is 9. The number of aliphatic hydroxyl groups excluding tert-OH is 1. The molecule has 1 saturated heterocycles. The van der Waals surface area contributed by atoms with Crippen LogP contribution in [0.15, 0.2) is 0 Å². The van der Waals surface area contributed by atoms with Crippen LogP contribution in [0.2, 0.25) is 0 Å². The van der Waals surface area contributed by atoms with E-state index in [2.05, 4.69) is 4.90 Å². The Kier molecular flexibility index (Phi) is 7.74. The van der Waals surface area contributed by atoms with E-state index in [1.807, 2.05) is 6.92 Å². The summed E-state index contributed by atoms with van der Waals surface area (Å²) in [6.45, 7) is 6.65. The molecule has 14 nitrogen and oxygen atoms in total. The maximum Gasteiger partial charge on any atom is 0.303 e. The summed E-state index contributed by atoms with van der Waals surface area (Å²) in [7, 11) is 5.91. The molecule has 0 aromatic carbocycles. The Morgan fingerprint density at radius 1 is 0.867 bits per heavy atom. The highest BCUT2D eigenvalue weighted by Gasteiger charge is 2.96. The number of ether oxygens (including phenoxy) is 7. The van der Waals surface area contributed by atoms with E-state index < -0.39 is 112 Å². The Bertz CT molecular complexity index is 1250. The number of hydrogen-bond acceptors (Lipinski definition) is 14. The van der Waals surface area contributed by atoms with Crippen LogP contribution in [0.25, 0.3) is 0 Å². The number of nitrogens with zero attached hydrogens (tertiary/aromatic N) is 1. The highest BCUT2D eigenvalue weighted by molar-refractivity contribution is 5.69. The van der Waals surface area contributed by atoms with E-state index in [9.17, 15) is 29.7 Å². The largest absolute Gasteiger partial charge is 0.462 e. The molecule has 7 bridgehead atoms. The SMILES string of the molecule is CCN1CC2(COC)C(OC(C)=O)CC(OC)C34C1C(C(OC)C23)C1(OC(C)=O)C(O)C(OC)C2(O)CC4(O)C1C2OC(C)=O. The van der Waals surface area contributed by atoms with Crippen molar-refractivity contribution in [2.75, 3.05) is 48.1 Å². The molecule has 3 N–H and O–H groups in total. The molecule has 15 atom stereocenters. The third kappa shape index (κ3) is 3.60. The minimum Gasteiger partial charge on any atom is -0.462 e.